The number of halogens is 1. The summed E-state index contributed by atoms with van der Waals surface area (Å²) >= 11 is 0. The summed E-state index contributed by atoms with van der Waals surface area (Å²) in [5, 5.41) is 24.6. The molecule has 1 aliphatic rings. The smallest absolute Gasteiger partial charge is 0.328 e. The standard InChI is InChI=1S/C27H30FN5O5/c1-27(2,25(36)37)31-22(34)15-16-7-9-17(10-8-16)18-11-13-19(14-12-18)29-23(35)24-32-33-26(38-24)30-21-6-4-3-5-20(21)28/h3-6,11-14,16-17H,7-10,15H2,1-2H3,(H,29,35)(H,30,33)(H,31,34)(H,36,37). The maximum Gasteiger partial charge on any atom is 0.328 e. The molecule has 0 unspecified atom stereocenters. The molecule has 2 aromatic carbocycles. The maximum atomic E-state index is 13.8. The highest BCUT2D eigenvalue weighted by molar-refractivity contribution is 6.00. The predicted molar refractivity (Wildman–Crippen MR) is 138 cm³/mol. The van der Waals surface area contributed by atoms with Crippen LogP contribution in [0.5, 0.6) is 0 Å². The molecule has 1 heterocycles. The van der Waals surface area contributed by atoms with Crippen molar-refractivity contribution in [3.8, 4) is 0 Å². The van der Waals surface area contributed by atoms with Crippen LogP contribution in [-0.4, -0.2) is 38.6 Å². The van der Waals surface area contributed by atoms with Crippen molar-refractivity contribution in [3.05, 3.63) is 65.8 Å². The van der Waals surface area contributed by atoms with Gasteiger partial charge >= 0.3 is 23.8 Å². The molecule has 38 heavy (non-hydrogen) atoms. The average Bonchev–Trinajstić information content (AvgIpc) is 3.35. The second-order valence-electron chi connectivity index (χ2n) is 9.99. The van der Waals surface area contributed by atoms with Gasteiger partial charge in [-0.05, 0) is 81.2 Å². The summed E-state index contributed by atoms with van der Waals surface area (Å²) in [7, 11) is 0. The van der Waals surface area contributed by atoms with Crippen LogP contribution < -0.4 is 16.0 Å². The Kier molecular flexibility index (Phi) is 8.04. The number of hydrogen-bond donors (Lipinski definition) is 4. The summed E-state index contributed by atoms with van der Waals surface area (Å²) in [5.41, 5.74) is 0.576. The number of carboxylic acid groups (broad SMARTS) is 1. The van der Waals surface area contributed by atoms with Crippen LogP contribution in [0.25, 0.3) is 0 Å². The van der Waals surface area contributed by atoms with E-state index < -0.39 is 23.2 Å². The highest BCUT2D eigenvalue weighted by Gasteiger charge is 2.31. The number of amides is 2. The number of nitrogens with one attached hydrogen (secondary N) is 3. The molecule has 2 amide bonds. The van der Waals surface area contributed by atoms with Gasteiger partial charge in [0.15, 0.2) is 0 Å². The number of aliphatic carboxylic acids is 1. The fraction of sp³-hybridized carbons (Fsp3) is 0.370. The molecule has 1 aromatic heterocycles. The first-order valence-corrected chi connectivity index (χ1v) is 12.4. The van der Waals surface area contributed by atoms with E-state index in [1.807, 2.05) is 12.1 Å². The number of nitrogens with zero attached hydrogens (tertiary/aromatic N) is 2. The Balaban J connectivity index is 1.26. The highest BCUT2D eigenvalue weighted by atomic mass is 19.1. The molecule has 4 N–H and O–H groups in total. The summed E-state index contributed by atoms with van der Waals surface area (Å²) in [6.07, 6.45) is 3.92. The van der Waals surface area contributed by atoms with E-state index in [1.54, 1.807) is 24.3 Å². The molecule has 0 saturated heterocycles. The Morgan fingerprint density at radius 1 is 1.03 bits per heavy atom. The summed E-state index contributed by atoms with van der Waals surface area (Å²) in [4.78, 5) is 36.0. The molecule has 1 aliphatic carbocycles. The molecule has 0 atom stereocenters. The van der Waals surface area contributed by atoms with Crippen molar-refractivity contribution in [3.63, 3.8) is 0 Å². The summed E-state index contributed by atoms with van der Waals surface area (Å²) in [6, 6.07) is 13.4. The molecular weight excluding hydrogens is 493 g/mol. The highest BCUT2D eigenvalue weighted by Crippen LogP contribution is 2.37. The van der Waals surface area contributed by atoms with Crippen LogP contribution in [0.2, 0.25) is 0 Å². The minimum Gasteiger partial charge on any atom is -0.480 e. The number of aromatic nitrogens is 2. The van der Waals surface area contributed by atoms with Crippen LogP contribution in [0.1, 0.15) is 68.1 Å². The lowest BCUT2D eigenvalue weighted by molar-refractivity contribution is -0.146. The first-order chi connectivity index (χ1) is 18.1. The fourth-order valence-electron chi connectivity index (χ4n) is 4.48. The molecule has 11 heteroatoms. The van der Waals surface area contributed by atoms with Crippen molar-refractivity contribution in [1.29, 1.82) is 0 Å². The molecule has 1 saturated carbocycles. The van der Waals surface area contributed by atoms with Crippen LogP contribution in [-0.2, 0) is 9.59 Å². The monoisotopic (exact) mass is 523 g/mol. The Hall–Kier alpha value is -4.28. The van der Waals surface area contributed by atoms with Crippen molar-refractivity contribution in [1.82, 2.24) is 15.5 Å². The zero-order chi connectivity index (χ0) is 27.3. The number of rotatable bonds is 9. The normalized spacial score (nSPS) is 17.4. The number of carbonyl (C=O) groups is 3. The second kappa shape index (κ2) is 11.4. The van der Waals surface area contributed by atoms with Gasteiger partial charge in [0.05, 0.1) is 5.69 Å². The lowest BCUT2D eigenvalue weighted by Crippen LogP contribution is -2.50. The number of carboxylic acids is 1. The average molecular weight is 524 g/mol. The van der Waals surface area contributed by atoms with E-state index in [0.717, 1.165) is 31.2 Å². The first kappa shape index (κ1) is 26.8. The molecule has 0 aliphatic heterocycles. The van der Waals surface area contributed by atoms with E-state index in [9.17, 15) is 23.9 Å². The van der Waals surface area contributed by atoms with Gasteiger partial charge in [-0.3, -0.25) is 9.59 Å². The number of hydrogen-bond acceptors (Lipinski definition) is 7. The van der Waals surface area contributed by atoms with Crippen LogP contribution in [0.4, 0.5) is 21.8 Å². The van der Waals surface area contributed by atoms with Gasteiger partial charge in [0.1, 0.15) is 11.4 Å². The van der Waals surface area contributed by atoms with E-state index >= 15 is 0 Å². The maximum absolute atomic E-state index is 13.8. The number of benzene rings is 2. The SMILES string of the molecule is CC(C)(NC(=O)CC1CCC(c2ccc(NC(=O)c3nnc(Nc4ccccc4F)o3)cc2)CC1)C(=O)O. The third kappa shape index (κ3) is 6.72. The molecular formula is C27H30FN5O5. The fourth-order valence-corrected chi connectivity index (χ4v) is 4.48. The van der Waals surface area contributed by atoms with Crippen LogP contribution in [0.15, 0.2) is 52.9 Å². The zero-order valence-electron chi connectivity index (χ0n) is 21.2. The molecule has 200 valence electrons. The van der Waals surface area contributed by atoms with Gasteiger partial charge < -0.3 is 25.5 Å². The molecule has 10 nitrogen and oxygen atoms in total. The van der Waals surface area contributed by atoms with Crippen molar-refractivity contribution >= 4 is 35.2 Å². The van der Waals surface area contributed by atoms with Crippen molar-refractivity contribution in [2.24, 2.45) is 5.92 Å². The first-order valence-electron chi connectivity index (χ1n) is 12.4. The summed E-state index contributed by atoms with van der Waals surface area (Å²) in [5.74, 6) is -2.07. The molecule has 0 radical (unpaired) electrons. The molecule has 3 aromatic rings. The van der Waals surface area contributed by atoms with Gasteiger partial charge in [-0.25, -0.2) is 9.18 Å². The van der Waals surface area contributed by atoms with Gasteiger partial charge in [0.25, 0.3) is 0 Å². The number of anilines is 3. The van der Waals surface area contributed by atoms with Crippen molar-refractivity contribution in [2.45, 2.75) is 57.4 Å². The molecule has 4 rings (SSSR count). The topological polar surface area (TPSA) is 146 Å². The van der Waals surface area contributed by atoms with E-state index in [1.165, 1.54) is 26.0 Å². The van der Waals surface area contributed by atoms with E-state index in [-0.39, 0.29) is 29.4 Å². The molecule has 0 spiro atoms. The molecule has 0 bridgehead atoms. The van der Waals surface area contributed by atoms with Crippen LogP contribution in [0, 0.1) is 11.7 Å². The number of para-hydroxylation sites is 1. The predicted octanol–water partition coefficient (Wildman–Crippen LogP) is 4.85. The number of carbonyl (C=O) groups excluding carboxylic acids is 2. The lowest BCUT2D eigenvalue weighted by atomic mass is 9.77. The van der Waals surface area contributed by atoms with Gasteiger partial charge in [-0.1, -0.05) is 29.4 Å². The van der Waals surface area contributed by atoms with Crippen LogP contribution >= 0.6 is 0 Å². The lowest BCUT2D eigenvalue weighted by Gasteiger charge is -2.29. The Morgan fingerprint density at radius 3 is 2.37 bits per heavy atom. The van der Waals surface area contributed by atoms with Gasteiger partial charge in [0.2, 0.25) is 5.91 Å². The minimum atomic E-state index is -1.28. The summed E-state index contributed by atoms with van der Waals surface area (Å²) < 4.78 is 19.1. The van der Waals surface area contributed by atoms with Crippen LogP contribution in [0.3, 0.4) is 0 Å². The van der Waals surface area contributed by atoms with E-state index in [0.29, 0.717) is 18.0 Å². The van der Waals surface area contributed by atoms with E-state index in [2.05, 4.69) is 26.1 Å². The Morgan fingerprint density at radius 2 is 1.71 bits per heavy atom. The Bertz CT molecular complexity index is 1300. The van der Waals surface area contributed by atoms with Crippen molar-refractivity contribution < 1.29 is 28.3 Å². The van der Waals surface area contributed by atoms with Gasteiger partial charge in [-0.2, -0.15) is 0 Å². The van der Waals surface area contributed by atoms with Gasteiger partial charge in [-0.15, -0.1) is 5.10 Å². The second-order valence-corrected chi connectivity index (χ2v) is 9.99. The van der Waals surface area contributed by atoms with Gasteiger partial charge in [0, 0.05) is 12.1 Å². The summed E-state index contributed by atoms with van der Waals surface area (Å²) in [6.45, 7) is 2.95. The third-order valence-corrected chi connectivity index (χ3v) is 6.68. The molecule has 1 fully saturated rings. The van der Waals surface area contributed by atoms with E-state index in [4.69, 9.17) is 4.42 Å². The third-order valence-electron chi connectivity index (χ3n) is 6.68. The zero-order valence-corrected chi connectivity index (χ0v) is 21.2. The van der Waals surface area contributed by atoms with Crippen molar-refractivity contribution in [2.75, 3.05) is 10.6 Å². The quantitative estimate of drug-likeness (QED) is 0.311. The minimum absolute atomic E-state index is 0.103. The largest absolute Gasteiger partial charge is 0.480 e. The Labute approximate surface area is 219 Å².